The van der Waals surface area contributed by atoms with Gasteiger partial charge in [-0.1, -0.05) is 23.7 Å². The van der Waals surface area contributed by atoms with E-state index in [1.54, 1.807) is 19.2 Å². The van der Waals surface area contributed by atoms with E-state index in [0.29, 0.717) is 24.0 Å². The van der Waals surface area contributed by atoms with Gasteiger partial charge in [-0.25, -0.2) is 4.79 Å². The summed E-state index contributed by atoms with van der Waals surface area (Å²) in [6.07, 6.45) is 2.14. The first-order chi connectivity index (χ1) is 9.95. The van der Waals surface area contributed by atoms with Crippen LogP contribution >= 0.6 is 11.6 Å². The third-order valence-corrected chi connectivity index (χ3v) is 3.64. The Morgan fingerprint density at radius 2 is 2.10 bits per heavy atom. The van der Waals surface area contributed by atoms with Crippen molar-refractivity contribution < 1.29 is 14.7 Å². The Morgan fingerprint density at radius 3 is 2.67 bits per heavy atom. The molecule has 114 valence electrons. The number of carboxylic acid groups (broad SMARTS) is 1. The number of nitrogens with zero attached hydrogens (tertiary/aromatic N) is 2. The fourth-order valence-corrected chi connectivity index (χ4v) is 2.42. The molecule has 2 rings (SSSR count). The molecule has 0 atom stereocenters. The predicted molar refractivity (Wildman–Crippen MR) is 80.2 cm³/mol. The summed E-state index contributed by atoms with van der Waals surface area (Å²) < 4.78 is 0. The van der Waals surface area contributed by atoms with Gasteiger partial charge < -0.3 is 14.9 Å². The first kappa shape index (κ1) is 15.6. The summed E-state index contributed by atoms with van der Waals surface area (Å²) >= 11 is 5.92. The molecule has 1 aliphatic carbocycles. The van der Waals surface area contributed by atoms with Crippen molar-refractivity contribution in [1.29, 1.82) is 0 Å². The quantitative estimate of drug-likeness (QED) is 0.878. The highest BCUT2D eigenvalue weighted by molar-refractivity contribution is 6.30. The number of carbonyl (C=O) groups excluding carboxylic acids is 1. The third-order valence-electron chi connectivity index (χ3n) is 3.41. The largest absolute Gasteiger partial charge is 0.480 e. The molecule has 0 aliphatic heterocycles. The third kappa shape index (κ3) is 4.93. The van der Waals surface area contributed by atoms with Crippen molar-refractivity contribution in [2.24, 2.45) is 5.92 Å². The van der Waals surface area contributed by atoms with Gasteiger partial charge in [0.15, 0.2) is 0 Å². The molecule has 1 fully saturated rings. The Hall–Kier alpha value is -1.75. The minimum absolute atomic E-state index is 0.255. The first-order valence-corrected chi connectivity index (χ1v) is 7.30. The number of carbonyl (C=O) groups is 2. The molecule has 1 aromatic rings. The number of hydrogen-bond acceptors (Lipinski definition) is 2. The summed E-state index contributed by atoms with van der Waals surface area (Å²) in [7, 11) is 1.67. The molecule has 0 aromatic heterocycles. The Kier molecular flexibility index (Phi) is 5.07. The van der Waals surface area contributed by atoms with Crippen molar-refractivity contribution in [2.75, 3.05) is 20.1 Å². The maximum absolute atomic E-state index is 12.4. The maximum atomic E-state index is 12.4. The van der Waals surface area contributed by atoms with E-state index in [1.165, 1.54) is 9.80 Å². The number of rotatable bonds is 6. The zero-order valence-corrected chi connectivity index (χ0v) is 12.7. The zero-order valence-electron chi connectivity index (χ0n) is 12.0. The highest BCUT2D eigenvalue weighted by Crippen LogP contribution is 2.30. The summed E-state index contributed by atoms with van der Waals surface area (Å²) in [4.78, 5) is 26.2. The molecule has 21 heavy (non-hydrogen) atoms. The van der Waals surface area contributed by atoms with Gasteiger partial charge in [-0.3, -0.25) is 4.79 Å². The SMILES string of the molecule is CN(Cc1cccc(Cl)c1)C(=O)N(CC(=O)O)CC1CC1. The van der Waals surface area contributed by atoms with Crippen LogP contribution in [0.2, 0.25) is 5.02 Å². The van der Waals surface area contributed by atoms with E-state index in [0.717, 1.165) is 18.4 Å². The van der Waals surface area contributed by atoms with Gasteiger partial charge in [-0.15, -0.1) is 0 Å². The van der Waals surface area contributed by atoms with E-state index in [9.17, 15) is 9.59 Å². The van der Waals surface area contributed by atoms with Gasteiger partial charge in [0, 0.05) is 25.2 Å². The van der Waals surface area contributed by atoms with Gasteiger partial charge in [-0.05, 0) is 36.5 Å². The van der Waals surface area contributed by atoms with Gasteiger partial charge in [0.2, 0.25) is 0 Å². The Morgan fingerprint density at radius 1 is 1.38 bits per heavy atom. The number of aliphatic carboxylic acids is 1. The lowest BCUT2D eigenvalue weighted by molar-refractivity contribution is -0.137. The molecule has 1 aliphatic rings. The van der Waals surface area contributed by atoms with E-state index in [-0.39, 0.29) is 12.6 Å². The number of carboxylic acids is 1. The number of benzene rings is 1. The fourth-order valence-electron chi connectivity index (χ4n) is 2.20. The zero-order chi connectivity index (χ0) is 15.4. The van der Waals surface area contributed by atoms with Crippen LogP contribution in [-0.4, -0.2) is 47.0 Å². The molecule has 1 N–H and O–H groups in total. The highest BCUT2D eigenvalue weighted by atomic mass is 35.5. The number of amides is 2. The van der Waals surface area contributed by atoms with E-state index in [1.807, 2.05) is 12.1 Å². The smallest absolute Gasteiger partial charge is 0.323 e. The molecule has 0 unspecified atom stereocenters. The summed E-state index contributed by atoms with van der Waals surface area (Å²) in [5, 5.41) is 9.56. The van der Waals surface area contributed by atoms with Gasteiger partial charge >= 0.3 is 12.0 Å². The van der Waals surface area contributed by atoms with Crippen LogP contribution in [0.5, 0.6) is 0 Å². The second-order valence-electron chi connectivity index (χ2n) is 5.49. The van der Waals surface area contributed by atoms with Crippen molar-refractivity contribution in [2.45, 2.75) is 19.4 Å². The molecule has 5 nitrogen and oxygen atoms in total. The van der Waals surface area contributed by atoms with Crippen LogP contribution in [0.3, 0.4) is 0 Å². The standard InChI is InChI=1S/C15H19ClN2O3/c1-17(8-12-3-2-4-13(16)7-12)15(21)18(10-14(19)20)9-11-5-6-11/h2-4,7,11H,5-6,8-10H2,1H3,(H,19,20). The van der Waals surface area contributed by atoms with Crippen molar-refractivity contribution in [3.63, 3.8) is 0 Å². The van der Waals surface area contributed by atoms with Crippen LogP contribution < -0.4 is 0 Å². The monoisotopic (exact) mass is 310 g/mol. The normalized spacial score (nSPS) is 13.8. The van der Waals surface area contributed by atoms with Crippen molar-refractivity contribution >= 4 is 23.6 Å². The van der Waals surface area contributed by atoms with Crippen molar-refractivity contribution in [3.8, 4) is 0 Å². The van der Waals surface area contributed by atoms with Crippen LogP contribution in [0.1, 0.15) is 18.4 Å². The van der Waals surface area contributed by atoms with Gasteiger partial charge in [0.1, 0.15) is 6.54 Å². The molecular formula is C15H19ClN2O3. The maximum Gasteiger partial charge on any atom is 0.323 e. The van der Waals surface area contributed by atoms with Crippen LogP contribution in [0, 0.1) is 5.92 Å². The lowest BCUT2D eigenvalue weighted by atomic mass is 10.2. The average Bonchev–Trinajstić information content (AvgIpc) is 3.20. The fraction of sp³-hybridized carbons (Fsp3) is 0.467. The lowest BCUT2D eigenvalue weighted by Gasteiger charge is -2.27. The first-order valence-electron chi connectivity index (χ1n) is 6.92. The van der Waals surface area contributed by atoms with Crippen LogP contribution in [-0.2, 0) is 11.3 Å². The van der Waals surface area contributed by atoms with E-state index in [2.05, 4.69) is 0 Å². The predicted octanol–water partition coefficient (Wildman–Crippen LogP) is 2.69. The summed E-state index contributed by atoms with van der Waals surface area (Å²) in [5.74, 6) is -0.534. The molecule has 0 bridgehead atoms. The highest BCUT2D eigenvalue weighted by Gasteiger charge is 2.29. The summed E-state index contributed by atoms with van der Waals surface area (Å²) in [6.45, 7) is 0.667. The van der Waals surface area contributed by atoms with Gasteiger partial charge in [0.05, 0.1) is 0 Å². The molecule has 1 saturated carbocycles. The molecule has 0 spiro atoms. The Bertz CT molecular complexity index is 531. The van der Waals surface area contributed by atoms with E-state index in [4.69, 9.17) is 16.7 Å². The molecule has 0 saturated heterocycles. The lowest BCUT2D eigenvalue weighted by Crippen LogP contribution is -2.44. The Labute approximate surface area is 129 Å². The Balaban J connectivity index is 1.98. The van der Waals surface area contributed by atoms with Gasteiger partial charge in [-0.2, -0.15) is 0 Å². The molecular weight excluding hydrogens is 292 g/mol. The molecule has 2 amide bonds. The van der Waals surface area contributed by atoms with E-state index >= 15 is 0 Å². The summed E-state index contributed by atoms with van der Waals surface area (Å²) in [6, 6.07) is 7.03. The second-order valence-corrected chi connectivity index (χ2v) is 5.92. The van der Waals surface area contributed by atoms with Gasteiger partial charge in [0.25, 0.3) is 0 Å². The molecule has 1 aromatic carbocycles. The van der Waals surface area contributed by atoms with Crippen molar-refractivity contribution in [3.05, 3.63) is 34.9 Å². The topological polar surface area (TPSA) is 60.9 Å². The minimum Gasteiger partial charge on any atom is -0.480 e. The van der Waals surface area contributed by atoms with Crippen LogP contribution in [0.4, 0.5) is 4.79 Å². The minimum atomic E-state index is -0.986. The number of halogens is 1. The second kappa shape index (κ2) is 6.80. The van der Waals surface area contributed by atoms with Crippen LogP contribution in [0.25, 0.3) is 0 Å². The van der Waals surface area contributed by atoms with Crippen molar-refractivity contribution in [1.82, 2.24) is 9.80 Å². The molecule has 0 radical (unpaired) electrons. The van der Waals surface area contributed by atoms with E-state index < -0.39 is 5.97 Å². The number of hydrogen-bond donors (Lipinski definition) is 1. The number of urea groups is 1. The summed E-state index contributed by atoms with van der Waals surface area (Å²) in [5.41, 5.74) is 0.917. The molecule has 6 heteroatoms. The molecule has 0 heterocycles. The van der Waals surface area contributed by atoms with Crippen LogP contribution in [0.15, 0.2) is 24.3 Å². The average molecular weight is 311 g/mol.